The Balaban J connectivity index is 1.78. The SMILES string of the molecule is CCOC(=O)c1c(NC(=S)NC(C)c2cn(CC)nc2C)sc2c1CCCCC2. The van der Waals surface area contributed by atoms with Crippen LogP contribution >= 0.6 is 23.6 Å². The molecule has 8 heteroatoms. The monoisotopic (exact) mass is 434 g/mol. The van der Waals surface area contributed by atoms with Crippen molar-refractivity contribution in [1.82, 2.24) is 15.1 Å². The summed E-state index contributed by atoms with van der Waals surface area (Å²) in [4.78, 5) is 14.0. The van der Waals surface area contributed by atoms with E-state index in [4.69, 9.17) is 17.0 Å². The molecule has 0 spiro atoms. The van der Waals surface area contributed by atoms with Gasteiger partial charge in [-0.05, 0) is 71.2 Å². The lowest BCUT2D eigenvalue weighted by atomic mass is 10.1. The van der Waals surface area contributed by atoms with Gasteiger partial charge in [0.2, 0.25) is 0 Å². The van der Waals surface area contributed by atoms with Gasteiger partial charge in [-0.3, -0.25) is 4.68 Å². The van der Waals surface area contributed by atoms with Gasteiger partial charge in [0.25, 0.3) is 0 Å². The average molecular weight is 435 g/mol. The van der Waals surface area contributed by atoms with Crippen molar-refractivity contribution in [3.05, 3.63) is 33.5 Å². The van der Waals surface area contributed by atoms with E-state index in [2.05, 4.69) is 29.6 Å². The maximum absolute atomic E-state index is 12.7. The number of fused-ring (bicyclic) bond motifs is 1. The quantitative estimate of drug-likeness (QED) is 0.388. The number of nitrogens with one attached hydrogen (secondary N) is 2. The molecule has 0 saturated heterocycles. The van der Waals surface area contributed by atoms with Crippen molar-refractivity contribution >= 4 is 39.6 Å². The molecule has 0 aliphatic heterocycles. The highest BCUT2D eigenvalue weighted by atomic mass is 32.1. The molecular weight excluding hydrogens is 404 g/mol. The molecule has 2 aromatic heterocycles. The van der Waals surface area contributed by atoms with Crippen LogP contribution in [0.1, 0.15) is 78.1 Å². The van der Waals surface area contributed by atoms with Gasteiger partial charge in [0.15, 0.2) is 5.11 Å². The first kappa shape index (κ1) is 21.8. The van der Waals surface area contributed by atoms with Crippen LogP contribution < -0.4 is 10.6 Å². The summed E-state index contributed by atoms with van der Waals surface area (Å²) in [7, 11) is 0. The highest BCUT2D eigenvalue weighted by molar-refractivity contribution is 7.80. The first-order chi connectivity index (χ1) is 13.9. The number of thiophene rings is 1. The van der Waals surface area contributed by atoms with E-state index in [1.165, 1.54) is 11.3 Å². The molecule has 29 heavy (non-hydrogen) atoms. The van der Waals surface area contributed by atoms with Crippen LogP contribution in [0.2, 0.25) is 0 Å². The maximum atomic E-state index is 12.7. The second kappa shape index (κ2) is 9.71. The number of esters is 1. The van der Waals surface area contributed by atoms with Gasteiger partial charge in [0.05, 0.1) is 23.9 Å². The van der Waals surface area contributed by atoms with E-state index in [1.54, 1.807) is 11.3 Å². The summed E-state index contributed by atoms with van der Waals surface area (Å²) in [6.07, 6.45) is 7.46. The smallest absolute Gasteiger partial charge is 0.341 e. The minimum atomic E-state index is -0.259. The van der Waals surface area contributed by atoms with Crippen LogP contribution in [0.15, 0.2) is 6.20 Å². The second-order valence-corrected chi connectivity index (χ2v) is 8.85. The second-order valence-electron chi connectivity index (χ2n) is 7.33. The number of anilines is 1. The normalized spacial score (nSPS) is 14.6. The lowest BCUT2D eigenvalue weighted by Gasteiger charge is -2.17. The minimum Gasteiger partial charge on any atom is -0.462 e. The molecule has 3 rings (SSSR count). The standard InChI is InChI=1S/C21H30N4O2S2/c1-5-25-12-16(14(4)24-25)13(3)22-21(28)23-19-18(20(26)27-6-2)15-10-8-7-9-11-17(15)29-19/h12-13H,5-11H2,1-4H3,(H2,22,23,28). The van der Waals surface area contributed by atoms with E-state index < -0.39 is 0 Å². The number of thiocarbonyl (C=S) groups is 1. The van der Waals surface area contributed by atoms with Crippen LogP contribution in [0.4, 0.5) is 5.00 Å². The molecule has 0 bridgehead atoms. The fourth-order valence-corrected chi connectivity index (χ4v) is 5.41. The third-order valence-corrected chi connectivity index (χ3v) is 6.68. The summed E-state index contributed by atoms with van der Waals surface area (Å²) < 4.78 is 7.27. The van der Waals surface area contributed by atoms with Crippen LogP contribution in [-0.4, -0.2) is 27.5 Å². The number of hydrogen-bond donors (Lipinski definition) is 2. The van der Waals surface area contributed by atoms with E-state index in [-0.39, 0.29) is 12.0 Å². The van der Waals surface area contributed by atoms with Crippen LogP contribution in [0.5, 0.6) is 0 Å². The number of aromatic nitrogens is 2. The Morgan fingerprint density at radius 3 is 2.79 bits per heavy atom. The van der Waals surface area contributed by atoms with Crippen molar-refractivity contribution in [1.29, 1.82) is 0 Å². The van der Waals surface area contributed by atoms with Crippen molar-refractivity contribution in [2.75, 3.05) is 11.9 Å². The van der Waals surface area contributed by atoms with E-state index in [0.717, 1.165) is 54.0 Å². The highest BCUT2D eigenvalue weighted by Crippen LogP contribution is 2.38. The summed E-state index contributed by atoms with van der Waals surface area (Å²) >= 11 is 7.21. The van der Waals surface area contributed by atoms with Crippen molar-refractivity contribution < 1.29 is 9.53 Å². The highest BCUT2D eigenvalue weighted by Gasteiger charge is 2.26. The summed E-state index contributed by atoms with van der Waals surface area (Å²) in [6, 6.07) is 0.0131. The Bertz CT molecular complexity index is 888. The molecule has 158 valence electrons. The number of ether oxygens (including phenoxy) is 1. The predicted octanol–water partition coefficient (Wildman–Crippen LogP) is 4.77. The first-order valence-electron chi connectivity index (χ1n) is 10.4. The zero-order valence-electron chi connectivity index (χ0n) is 17.6. The van der Waals surface area contributed by atoms with Crippen LogP contribution in [0.25, 0.3) is 0 Å². The van der Waals surface area contributed by atoms with Gasteiger partial charge in [-0.25, -0.2) is 4.79 Å². The van der Waals surface area contributed by atoms with Crippen molar-refractivity contribution in [2.45, 2.75) is 72.4 Å². The van der Waals surface area contributed by atoms with E-state index in [1.807, 2.05) is 24.7 Å². The number of carbonyl (C=O) groups is 1. The molecule has 0 saturated carbocycles. The van der Waals surface area contributed by atoms with E-state index >= 15 is 0 Å². The zero-order chi connectivity index (χ0) is 21.0. The summed E-state index contributed by atoms with van der Waals surface area (Å²) in [6.45, 7) is 9.17. The van der Waals surface area contributed by atoms with Crippen molar-refractivity contribution in [2.24, 2.45) is 0 Å². The van der Waals surface area contributed by atoms with Gasteiger partial charge < -0.3 is 15.4 Å². The zero-order valence-corrected chi connectivity index (χ0v) is 19.3. The molecule has 1 aliphatic rings. The molecule has 1 unspecified atom stereocenters. The van der Waals surface area contributed by atoms with Gasteiger partial charge in [-0.2, -0.15) is 5.10 Å². The third kappa shape index (κ3) is 4.98. The fourth-order valence-electron chi connectivity index (χ4n) is 3.78. The molecule has 0 aromatic carbocycles. The Kier molecular flexibility index (Phi) is 7.29. The molecule has 1 atom stereocenters. The Morgan fingerprint density at radius 2 is 2.10 bits per heavy atom. The largest absolute Gasteiger partial charge is 0.462 e. The minimum absolute atomic E-state index is 0.0131. The third-order valence-electron chi connectivity index (χ3n) is 5.25. The van der Waals surface area contributed by atoms with Crippen LogP contribution in [0, 0.1) is 6.92 Å². The number of hydrogen-bond acceptors (Lipinski definition) is 5. The van der Waals surface area contributed by atoms with Crippen LogP contribution in [-0.2, 0) is 24.1 Å². The summed E-state index contributed by atoms with van der Waals surface area (Å²) in [5.74, 6) is -0.259. The molecule has 0 radical (unpaired) electrons. The van der Waals surface area contributed by atoms with Gasteiger partial charge >= 0.3 is 5.97 Å². The van der Waals surface area contributed by atoms with Gasteiger partial charge in [0.1, 0.15) is 5.00 Å². The molecule has 0 fully saturated rings. The number of aryl methyl sites for hydroxylation is 3. The number of rotatable bonds is 6. The van der Waals surface area contributed by atoms with E-state index in [9.17, 15) is 4.79 Å². The first-order valence-corrected chi connectivity index (χ1v) is 11.6. The summed E-state index contributed by atoms with van der Waals surface area (Å²) in [5.41, 5.74) is 3.91. The van der Waals surface area contributed by atoms with Crippen molar-refractivity contribution in [3.8, 4) is 0 Å². The average Bonchev–Trinajstić information content (AvgIpc) is 3.13. The molecule has 2 N–H and O–H groups in total. The lowest BCUT2D eigenvalue weighted by molar-refractivity contribution is 0.0527. The molecule has 0 amide bonds. The lowest BCUT2D eigenvalue weighted by Crippen LogP contribution is -2.31. The van der Waals surface area contributed by atoms with Crippen molar-refractivity contribution in [3.63, 3.8) is 0 Å². The molecular formula is C21H30N4O2S2. The van der Waals surface area contributed by atoms with Crippen LogP contribution in [0.3, 0.4) is 0 Å². The number of nitrogens with zero attached hydrogens (tertiary/aromatic N) is 2. The molecule has 1 aliphatic carbocycles. The molecule has 6 nitrogen and oxygen atoms in total. The molecule has 2 aromatic rings. The maximum Gasteiger partial charge on any atom is 0.341 e. The van der Waals surface area contributed by atoms with Gasteiger partial charge in [-0.15, -0.1) is 11.3 Å². The Morgan fingerprint density at radius 1 is 1.34 bits per heavy atom. The Hall–Kier alpha value is -1.93. The molecule has 2 heterocycles. The van der Waals surface area contributed by atoms with E-state index in [0.29, 0.717) is 17.3 Å². The summed E-state index contributed by atoms with van der Waals surface area (Å²) in [5, 5.41) is 12.4. The fraction of sp³-hybridized carbons (Fsp3) is 0.571. The predicted molar refractivity (Wildman–Crippen MR) is 122 cm³/mol. The Labute approximate surface area is 182 Å². The van der Waals surface area contributed by atoms with Gasteiger partial charge in [0, 0.05) is 23.2 Å². The number of carbonyl (C=O) groups excluding carboxylic acids is 1. The van der Waals surface area contributed by atoms with Gasteiger partial charge in [-0.1, -0.05) is 6.42 Å². The topological polar surface area (TPSA) is 68.2 Å².